The van der Waals surface area contributed by atoms with Gasteiger partial charge in [0.15, 0.2) is 0 Å². The van der Waals surface area contributed by atoms with Crippen molar-refractivity contribution in [1.82, 2.24) is 0 Å². The zero-order chi connectivity index (χ0) is 37.9. The Morgan fingerprint density at radius 1 is 0.579 bits per heavy atom. The van der Waals surface area contributed by atoms with Crippen molar-refractivity contribution < 1.29 is 4.42 Å². The number of fused-ring (bicyclic) bond motifs is 9. The van der Waals surface area contributed by atoms with E-state index in [9.17, 15) is 0 Å². The average Bonchev–Trinajstić information content (AvgIpc) is 3.74. The Labute approximate surface area is 336 Å². The van der Waals surface area contributed by atoms with Crippen LogP contribution in [0.4, 0.5) is 45.5 Å². The number of hydrogen-bond donors (Lipinski definition) is 0. The standard InChI is InChI=1S/C52H48BN3O/c1-51-29-17-18-30-52(51,2)56(39-25-13-6-14-26-39)43-34-44-42(33-41(43)51)53-48-45(54(44)37-21-9-4-10-22-37)31-36(35-19-7-3-8-20-35)32-46(48)55(38-23-11-5-12-24-38)49-40-27-15-16-28-47(40)57-50(49)53/h4-6,9-16,21-28,31-35H,3,7-8,17-20,29-30H2,1-2H3. The summed E-state index contributed by atoms with van der Waals surface area (Å²) in [6, 6.07) is 52.5. The molecule has 2 aliphatic carbocycles. The summed E-state index contributed by atoms with van der Waals surface area (Å²) < 4.78 is 7.23. The summed E-state index contributed by atoms with van der Waals surface area (Å²) in [5, 5.41) is 1.17. The van der Waals surface area contributed by atoms with E-state index < -0.39 is 0 Å². The number of hydrogen-bond acceptors (Lipinski definition) is 4. The largest absolute Gasteiger partial charge is 0.468 e. The highest BCUT2D eigenvalue weighted by molar-refractivity contribution is 7.00. The Hall–Kier alpha value is -5.68. The first kappa shape index (κ1) is 33.5. The van der Waals surface area contributed by atoms with Gasteiger partial charge >= 0.3 is 0 Å². The van der Waals surface area contributed by atoms with Crippen molar-refractivity contribution in [2.24, 2.45) is 0 Å². The molecular formula is C52H48BN3O. The second-order valence-corrected chi connectivity index (χ2v) is 17.8. The number of anilines is 8. The molecule has 0 bridgehead atoms. The van der Waals surface area contributed by atoms with E-state index in [4.69, 9.17) is 4.42 Å². The van der Waals surface area contributed by atoms with Gasteiger partial charge in [-0.05, 0) is 127 Å². The molecule has 6 aromatic carbocycles. The third-order valence-electron chi connectivity index (χ3n) is 14.9. The van der Waals surface area contributed by atoms with Crippen LogP contribution in [0, 0.1) is 0 Å². The Kier molecular flexibility index (Phi) is 7.29. The van der Waals surface area contributed by atoms with E-state index in [0.29, 0.717) is 5.92 Å². The van der Waals surface area contributed by atoms with Gasteiger partial charge in [0, 0.05) is 50.6 Å². The molecule has 0 N–H and O–H groups in total. The van der Waals surface area contributed by atoms with Crippen molar-refractivity contribution in [1.29, 1.82) is 0 Å². The zero-order valence-electron chi connectivity index (χ0n) is 33.0. The third-order valence-corrected chi connectivity index (χ3v) is 14.9. The van der Waals surface area contributed by atoms with E-state index in [1.54, 1.807) is 0 Å². The fourth-order valence-corrected chi connectivity index (χ4v) is 12.0. The number of para-hydroxylation sites is 4. The summed E-state index contributed by atoms with van der Waals surface area (Å²) in [6.07, 6.45) is 11.2. The maximum atomic E-state index is 7.23. The minimum atomic E-state index is -0.0674. The van der Waals surface area contributed by atoms with Crippen LogP contribution in [0.15, 0.2) is 144 Å². The Morgan fingerprint density at radius 2 is 1.19 bits per heavy atom. The van der Waals surface area contributed by atoms with Crippen LogP contribution in [0.2, 0.25) is 0 Å². The molecule has 4 heterocycles. The van der Waals surface area contributed by atoms with Crippen molar-refractivity contribution in [2.45, 2.75) is 88.5 Å². The van der Waals surface area contributed by atoms with Gasteiger partial charge in [-0.15, -0.1) is 0 Å². The molecule has 12 rings (SSSR count). The first-order chi connectivity index (χ1) is 28.0. The van der Waals surface area contributed by atoms with E-state index >= 15 is 0 Å². The van der Waals surface area contributed by atoms with E-state index in [1.807, 2.05) is 0 Å². The van der Waals surface area contributed by atoms with Gasteiger partial charge in [-0.25, -0.2) is 0 Å². The lowest BCUT2D eigenvalue weighted by Crippen LogP contribution is -2.61. The molecule has 3 aliphatic heterocycles. The van der Waals surface area contributed by atoms with Crippen LogP contribution in [0.3, 0.4) is 0 Å². The predicted octanol–water partition coefficient (Wildman–Crippen LogP) is 12.3. The highest BCUT2D eigenvalue weighted by Gasteiger charge is 2.59. The lowest BCUT2D eigenvalue weighted by Gasteiger charge is -2.50. The molecule has 1 aromatic heterocycles. The number of furan rings is 1. The highest BCUT2D eigenvalue weighted by Crippen LogP contribution is 2.62. The molecule has 280 valence electrons. The van der Waals surface area contributed by atoms with Gasteiger partial charge in [0.05, 0.1) is 16.9 Å². The van der Waals surface area contributed by atoms with Gasteiger partial charge in [0.2, 0.25) is 0 Å². The summed E-state index contributed by atoms with van der Waals surface area (Å²) in [6.45, 7) is 5.05. The molecule has 0 spiro atoms. The average molecular weight is 742 g/mol. The van der Waals surface area contributed by atoms with Gasteiger partial charge in [-0.1, -0.05) is 112 Å². The second kappa shape index (κ2) is 12.4. The van der Waals surface area contributed by atoms with E-state index in [-0.39, 0.29) is 17.7 Å². The summed E-state index contributed by atoms with van der Waals surface area (Å²) >= 11 is 0. The highest BCUT2D eigenvalue weighted by atomic mass is 16.3. The van der Waals surface area contributed by atoms with Crippen LogP contribution in [0.5, 0.6) is 0 Å². The molecule has 2 unspecified atom stereocenters. The normalized spacial score (nSPS) is 22.2. The van der Waals surface area contributed by atoms with Gasteiger partial charge in [0.25, 0.3) is 6.71 Å². The van der Waals surface area contributed by atoms with E-state index in [2.05, 4.69) is 168 Å². The lowest BCUT2D eigenvalue weighted by atomic mass is 9.35. The topological polar surface area (TPSA) is 22.9 Å². The smallest absolute Gasteiger partial charge is 0.297 e. The monoisotopic (exact) mass is 741 g/mol. The Bertz CT molecular complexity index is 2690. The zero-order valence-corrected chi connectivity index (χ0v) is 33.0. The van der Waals surface area contributed by atoms with Gasteiger partial charge < -0.3 is 19.1 Å². The second-order valence-electron chi connectivity index (χ2n) is 17.8. The molecule has 57 heavy (non-hydrogen) atoms. The Balaban J connectivity index is 1.21. The predicted molar refractivity (Wildman–Crippen MR) is 239 cm³/mol. The van der Waals surface area contributed by atoms with E-state index in [0.717, 1.165) is 11.2 Å². The van der Waals surface area contributed by atoms with E-state index in [1.165, 1.54) is 131 Å². The molecule has 2 atom stereocenters. The molecule has 5 aliphatic rings. The Morgan fingerprint density at radius 3 is 1.91 bits per heavy atom. The molecule has 0 radical (unpaired) electrons. The van der Waals surface area contributed by atoms with Crippen molar-refractivity contribution in [2.75, 3.05) is 14.7 Å². The van der Waals surface area contributed by atoms with Crippen LogP contribution in [0.25, 0.3) is 11.0 Å². The fourth-order valence-electron chi connectivity index (χ4n) is 12.0. The molecular weight excluding hydrogens is 693 g/mol. The molecule has 7 aromatic rings. The van der Waals surface area contributed by atoms with Crippen LogP contribution < -0.4 is 31.3 Å². The molecule has 2 saturated carbocycles. The van der Waals surface area contributed by atoms with Crippen LogP contribution >= 0.6 is 0 Å². The van der Waals surface area contributed by atoms with Crippen molar-refractivity contribution >= 4 is 79.8 Å². The lowest BCUT2D eigenvalue weighted by molar-refractivity contribution is 0.195. The van der Waals surface area contributed by atoms with Gasteiger partial charge in [-0.2, -0.15) is 0 Å². The number of nitrogens with zero attached hydrogens (tertiary/aromatic N) is 3. The maximum Gasteiger partial charge on any atom is 0.297 e. The summed E-state index contributed by atoms with van der Waals surface area (Å²) in [7, 11) is 0. The molecule has 4 nitrogen and oxygen atoms in total. The quantitative estimate of drug-likeness (QED) is 0.168. The van der Waals surface area contributed by atoms with Crippen LogP contribution in [-0.2, 0) is 5.41 Å². The summed E-state index contributed by atoms with van der Waals surface area (Å²) in [5.41, 5.74) is 17.6. The minimum absolute atomic E-state index is 0.0154. The number of rotatable bonds is 4. The van der Waals surface area contributed by atoms with Crippen molar-refractivity contribution in [3.63, 3.8) is 0 Å². The van der Waals surface area contributed by atoms with Crippen molar-refractivity contribution in [3.8, 4) is 0 Å². The first-order valence-electron chi connectivity index (χ1n) is 21.5. The molecule has 0 saturated heterocycles. The van der Waals surface area contributed by atoms with Crippen LogP contribution in [-0.4, -0.2) is 12.3 Å². The van der Waals surface area contributed by atoms with Crippen molar-refractivity contribution in [3.05, 3.63) is 151 Å². The van der Waals surface area contributed by atoms with Gasteiger partial charge in [-0.3, -0.25) is 0 Å². The maximum absolute atomic E-state index is 7.23. The minimum Gasteiger partial charge on any atom is -0.468 e. The summed E-state index contributed by atoms with van der Waals surface area (Å²) in [4.78, 5) is 7.89. The fraction of sp³-hybridized carbons (Fsp3) is 0.269. The van der Waals surface area contributed by atoms with Crippen LogP contribution in [0.1, 0.15) is 88.7 Å². The van der Waals surface area contributed by atoms with Gasteiger partial charge in [0.1, 0.15) is 5.58 Å². The molecule has 2 fully saturated rings. The third kappa shape index (κ3) is 4.63. The summed E-state index contributed by atoms with van der Waals surface area (Å²) in [5.74, 6) is 0.537. The molecule has 5 heteroatoms. The number of benzene rings is 6. The molecule has 0 amide bonds. The first-order valence-corrected chi connectivity index (χ1v) is 21.5. The SMILES string of the molecule is CC12CCCCC1(C)N(c1ccccc1)c1cc3c(cc12)B1c2oc4ccccc4c2N(c2ccccc2)c2cc(C4CCCCC4)cc(c21)N3c1ccccc1.